The largest absolute Gasteiger partial charge is 0.496 e. The van der Waals surface area contributed by atoms with Crippen molar-refractivity contribution in [1.29, 1.82) is 0 Å². The number of methoxy groups -OCH3 is 3. The molecule has 0 radical (unpaired) electrons. The Kier molecular flexibility index (Phi) is 17.8. The second-order valence-electron chi connectivity index (χ2n) is 19.6. The van der Waals surface area contributed by atoms with E-state index in [2.05, 4.69) is 25.9 Å². The van der Waals surface area contributed by atoms with Gasteiger partial charge in [-0.15, -0.1) is 0 Å². The molecule has 410 valence electrons. The van der Waals surface area contributed by atoms with Crippen LogP contribution in [0.4, 0.5) is 47.3 Å². The van der Waals surface area contributed by atoms with Crippen molar-refractivity contribution in [3.8, 4) is 39.4 Å². The Labute approximate surface area is 448 Å². The van der Waals surface area contributed by atoms with Crippen LogP contribution in [0.25, 0.3) is 44.9 Å². The quantitative estimate of drug-likeness (QED) is 0.0652. The molecule has 7 aromatic rings. The smallest absolute Gasteiger partial charge is 0.414 e. The number of nitrogens with zero attached hydrogens (tertiary/aromatic N) is 6. The summed E-state index contributed by atoms with van der Waals surface area (Å²) in [5, 5.41) is 0. The van der Waals surface area contributed by atoms with Crippen LogP contribution < -0.4 is 14.5 Å². The number of pyridine rings is 2. The predicted molar refractivity (Wildman–Crippen MR) is 282 cm³/mol. The molecular weight excluding hydrogens is 1080 g/mol. The van der Waals surface area contributed by atoms with Crippen molar-refractivity contribution in [2.24, 2.45) is 0 Å². The summed E-state index contributed by atoms with van der Waals surface area (Å²) in [5.41, 5.74) is 4.91. The Bertz CT molecular complexity index is 3320. The number of esters is 2. The zero-order valence-corrected chi connectivity index (χ0v) is 45.7. The number of imidazole rings is 2. The molecule has 0 spiro atoms. The van der Waals surface area contributed by atoms with E-state index in [0.29, 0.717) is 66.1 Å². The number of para-hydroxylation sites is 1. The lowest BCUT2D eigenvalue weighted by Crippen LogP contribution is -2.39. The van der Waals surface area contributed by atoms with E-state index in [-0.39, 0.29) is 22.7 Å². The molecule has 22 heteroatoms. The van der Waals surface area contributed by atoms with Gasteiger partial charge in [0.05, 0.1) is 80.5 Å². The lowest BCUT2D eigenvalue weighted by molar-refractivity contribution is -0.133. The number of benzene rings is 3. The first-order valence-corrected chi connectivity index (χ1v) is 24.6. The molecule has 0 saturated heterocycles. The van der Waals surface area contributed by atoms with Crippen molar-refractivity contribution in [1.82, 2.24) is 18.8 Å². The van der Waals surface area contributed by atoms with Crippen LogP contribution in [-0.2, 0) is 18.9 Å². The molecule has 7 rings (SSSR count). The van der Waals surface area contributed by atoms with Crippen molar-refractivity contribution in [2.45, 2.75) is 91.8 Å². The van der Waals surface area contributed by atoms with Gasteiger partial charge >= 0.3 is 36.5 Å². The van der Waals surface area contributed by atoms with Crippen LogP contribution >= 0.6 is 15.9 Å². The van der Waals surface area contributed by atoms with E-state index in [1.54, 1.807) is 150 Å². The average Bonchev–Trinajstić information content (AvgIpc) is 3.98. The maximum absolute atomic E-state index is 13.4. The first kappa shape index (κ1) is 58.6. The summed E-state index contributed by atoms with van der Waals surface area (Å²) >= 11 is 3.39. The predicted octanol–water partition coefficient (Wildman–Crippen LogP) is 14.0. The number of halogens is 7. The minimum Gasteiger partial charge on any atom is -0.496 e. The summed E-state index contributed by atoms with van der Waals surface area (Å²) in [5.74, 6) is -0.410. The Morgan fingerprint density at radius 3 is 1.42 bits per heavy atom. The van der Waals surface area contributed by atoms with Gasteiger partial charge in [-0.05, 0) is 125 Å². The fourth-order valence-corrected chi connectivity index (χ4v) is 8.44. The summed E-state index contributed by atoms with van der Waals surface area (Å²) in [6, 6.07) is 20.6. The molecule has 0 atom stereocenters. The van der Waals surface area contributed by atoms with Gasteiger partial charge in [0.1, 0.15) is 17.0 Å². The highest BCUT2D eigenvalue weighted by atomic mass is 79.9. The molecule has 0 unspecified atom stereocenters. The average molecular weight is 1140 g/mol. The van der Waals surface area contributed by atoms with E-state index in [4.69, 9.17) is 23.7 Å². The highest BCUT2D eigenvalue weighted by Crippen LogP contribution is 2.38. The monoisotopic (exact) mass is 1140 g/mol. The maximum atomic E-state index is 13.4. The Balaban J connectivity index is 0.000000254. The molecule has 0 aliphatic heterocycles. The molecule has 0 aliphatic rings. The minimum absolute atomic E-state index is 0.131. The number of carbonyl (C=O) groups excluding carboxylic acids is 4. The fourth-order valence-electron chi connectivity index (χ4n) is 8.02. The standard InChI is InChI=1S/C31H32F3N3O5.C24H25BrF3N3O4/c1-19-15-20(11-12-22(19)28(38)41-6)25-17-35-27-24(36(14-13-31(32,33)34)29(39)42-30(2,3)4)16-21(18-37(25)27)23-9-7-8-10-26(23)40-5;1-14-10-15(6-7-17(14)21(32)34-5)19-12-29-20-18(11-16(25)13-31(19)20)30(9-8-24(26,27)28)22(33)35-23(2,3)4/h7-12,15-18H,13-14H2,1-6H3;6-7,10-13H,8-9H2,1-5H3. The van der Waals surface area contributed by atoms with Gasteiger partial charge in [0.2, 0.25) is 0 Å². The molecule has 0 fully saturated rings. The van der Waals surface area contributed by atoms with Crippen LogP contribution in [0.15, 0.2) is 102 Å². The number of anilines is 2. The summed E-state index contributed by atoms with van der Waals surface area (Å²) in [6.07, 6.45) is -6.72. The van der Waals surface area contributed by atoms with E-state index in [1.165, 1.54) is 27.4 Å². The second kappa shape index (κ2) is 23.3. The van der Waals surface area contributed by atoms with Gasteiger partial charge in [-0.2, -0.15) is 26.3 Å². The van der Waals surface area contributed by atoms with Crippen molar-refractivity contribution < 1.29 is 69.2 Å². The van der Waals surface area contributed by atoms with Gasteiger partial charge in [0.25, 0.3) is 0 Å². The molecule has 3 aromatic carbocycles. The molecule has 15 nitrogen and oxygen atoms in total. The van der Waals surface area contributed by atoms with Crippen LogP contribution in [0, 0.1) is 13.8 Å². The van der Waals surface area contributed by atoms with E-state index >= 15 is 0 Å². The number of rotatable bonds is 12. The van der Waals surface area contributed by atoms with Crippen LogP contribution in [0.5, 0.6) is 5.75 Å². The summed E-state index contributed by atoms with van der Waals surface area (Å²) in [4.78, 5) is 61.2. The number of carbonyl (C=O) groups is 4. The van der Waals surface area contributed by atoms with Gasteiger partial charge in [0, 0.05) is 52.2 Å². The number of alkyl halides is 6. The van der Waals surface area contributed by atoms with E-state index in [1.807, 2.05) is 6.07 Å². The first-order valence-electron chi connectivity index (χ1n) is 23.8. The minimum atomic E-state index is -4.52. The van der Waals surface area contributed by atoms with Gasteiger partial charge in [-0.25, -0.2) is 29.1 Å². The summed E-state index contributed by atoms with van der Waals surface area (Å²) in [7, 11) is 4.12. The molecule has 2 amide bonds. The van der Waals surface area contributed by atoms with Crippen molar-refractivity contribution in [3.05, 3.63) is 124 Å². The lowest BCUT2D eigenvalue weighted by atomic mass is 10.0. The zero-order chi connectivity index (χ0) is 56.9. The SMILES string of the molecule is COC(=O)c1ccc(-c2cnc3c(N(CCC(F)(F)F)C(=O)OC(C)(C)C)cc(-c4ccccc4OC)cn23)cc1C.COC(=O)c1ccc(-c2cnc3c(N(CCC(F)(F)F)C(=O)OC(C)(C)C)cc(Br)cn23)cc1C. The molecule has 0 N–H and O–H groups in total. The van der Waals surface area contributed by atoms with E-state index in [9.17, 15) is 45.5 Å². The number of hydrogen-bond donors (Lipinski definition) is 0. The van der Waals surface area contributed by atoms with E-state index in [0.717, 1.165) is 9.80 Å². The summed E-state index contributed by atoms with van der Waals surface area (Å²) in [6.45, 7) is 12.0. The number of amides is 2. The topological polar surface area (TPSA) is 156 Å². The second-order valence-corrected chi connectivity index (χ2v) is 20.5. The maximum Gasteiger partial charge on any atom is 0.414 e. The molecule has 0 aliphatic carbocycles. The fraction of sp³-hybridized carbons (Fsp3) is 0.345. The number of fused-ring (bicyclic) bond motifs is 2. The van der Waals surface area contributed by atoms with Gasteiger partial charge in [-0.3, -0.25) is 18.6 Å². The highest BCUT2D eigenvalue weighted by molar-refractivity contribution is 9.10. The third-order valence-electron chi connectivity index (χ3n) is 11.5. The number of aromatic nitrogens is 4. The van der Waals surface area contributed by atoms with Gasteiger partial charge in [0.15, 0.2) is 11.3 Å². The Morgan fingerprint density at radius 1 is 0.584 bits per heavy atom. The van der Waals surface area contributed by atoms with Crippen LogP contribution in [0.1, 0.15) is 86.2 Å². The highest BCUT2D eigenvalue weighted by Gasteiger charge is 2.35. The number of ether oxygens (including phenoxy) is 5. The van der Waals surface area contributed by atoms with Crippen molar-refractivity contribution >= 4 is 62.7 Å². The van der Waals surface area contributed by atoms with Crippen LogP contribution in [0.3, 0.4) is 0 Å². The molecule has 4 heterocycles. The third kappa shape index (κ3) is 14.7. The number of aryl methyl sites for hydroxylation is 2. The number of hydrogen-bond acceptors (Lipinski definition) is 11. The van der Waals surface area contributed by atoms with E-state index < -0.39 is 73.6 Å². The summed E-state index contributed by atoms with van der Waals surface area (Å²) < 4.78 is 109. The molecule has 4 aromatic heterocycles. The van der Waals surface area contributed by atoms with Crippen LogP contribution in [-0.4, -0.2) is 101 Å². The van der Waals surface area contributed by atoms with Crippen molar-refractivity contribution in [2.75, 3.05) is 44.2 Å². The van der Waals surface area contributed by atoms with Gasteiger partial charge in [-0.1, -0.05) is 30.3 Å². The van der Waals surface area contributed by atoms with Crippen molar-refractivity contribution in [3.63, 3.8) is 0 Å². The van der Waals surface area contributed by atoms with Crippen LogP contribution in [0.2, 0.25) is 0 Å². The Hall–Kier alpha value is -7.62. The zero-order valence-electron chi connectivity index (χ0n) is 44.1. The molecule has 77 heavy (non-hydrogen) atoms. The Morgan fingerprint density at radius 2 is 1.01 bits per heavy atom. The lowest BCUT2D eigenvalue weighted by Gasteiger charge is -2.28. The normalized spacial score (nSPS) is 11.9. The molecule has 0 bridgehead atoms. The third-order valence-corrected chi connectivity index (χ3v) is 11.9. The van der Waals surface area contributed by atoms with Gasteiger partial charge < -0.3 is 23.7 Å². The molecular formula is C55H57BrF6N6O9. The molecule has 0 saturated carbocycles. The first-order chi connectivity index (χ1) is 35.9.